The quantitative estimate of drug-likeness (QED) is 0.653. The molecule has 1 saturated heterocycles. The minimum absolute atomic E-state index is 0.209. The molecule has 0 saturated carbocycles. The Morgan fingerprint density at radius 1 is 1.67 bits per heavy atom. The summed E-state index contributed by atoms with van der Waals surface area (Å²) >= 11 is 0. The third kappa shape index (κ3) is 1.97. The van der Waals surface area contributed by atoms with Crippen molar-refractivity contribution in [3.63, 3.8) is 0 Å². The fraction of sp³-hybridized carbons (Fsp3) is 0.889. The van der Waals surface area contributed by atoms with Crippen molar-refractivity contribution in [1.82, 2.24) is 10.2 Å². The van der Waals surface area contributed by atoms with E-state index >= 15 is 0 Å². The number of rotatable bonds is 2. The Bertz CT molecular complexity index is 170. The lowest BCUT2D eigenvalue weighted by atomic mass is 10.0. The van der Waals surface area contributed by atoms with Gasteiger partial charge in [-0.25, -0.2) is 0 Å². The van der Waals surface area contributed by atoms with E-state index in [1.54, 1.807) is 6.92 Å². The smallest absolute Gasteiger partial charge is 0.219 e. The van der Waals surface area contributed by atoms with Gasteiger partial charge in [-0.3, -0.25) is 4.79 Å². The first-order valence-electron chi connectivity index (χ1n) is 4.58. The van der Waals surface area contributed by atoms with E-state index in [1.807, 2.05) is 11.9 Å². The summed E-state index contributed by atoms with van der Waals surface area (Å²) in [6, 6.07) is 0.523. The molecule has 0 spiro atoms. The van der Waals surface area contributed by atoms with E-state index < -0.39 is 0 Å². The van der Waals surface area contributed by atoms with Crippen LogP contribution in [-0.4, -0.2) is 37.0 Å². The van der Waals surface area contributed by atoms with Gasteiger partial charge in [-0.05, 0) is 26.3 Å². The Morgan fingerprint density at radius 2 is 2.33 bits per heavy atom. The van der Waals surface area contributed by atoms with Crippen LogP contribution < -0.4 is 5.32 Å². The van der Waals surface area contributed by atoms with Gasteiger partial charge in [0.2, 0.25) is 5.91 Å². The van der Waals surface area contributed by atoms with Crippen molar-refractivity contribution >= 4 is 5.91 Å². The molecule has 3 nitrogen and oxygen atoms in total. The van der Waals surface area contributed by atoms with Crippen molar-refractivity contribution in [3.05, 3.63) is 0 Å². The maximum Gasteiger partial charge on any atom is 0.219 e. The van der Waals surface area contributed by atoms with Crippen LogP contribution in [0.5, 0.6) is 0 Å². The number of hydrogen-bond acceptors (Lipinski definition) is 2. The van der Waals surface area contributed by atoms with E-state index in [9.17, 15) is 4.79 Å². The molecular weight excluding hydrogens is 152 g/mol. The highest BCUT2D eigenvalue weighted by Crippen LogP contribution is 2.19. The maximum atomic E-state index is 11.0. The van der Waals surface area contributed by atoms with Crippen LogP contribution in [-0.2, 0) is 4.79 Å². The fourth-order valence-corrected chi connectivity index (χ4v) is 1.72. The zero-order valence-corrected chi connectivity index (χ0v) is 8.13. The highest BCUT2D eigenvalue weighted by molar-refractivity contribution is 5.73. The Labute approximate surface area is 74.1 Å². The highest BCUT2D eigenvalue weighted by Gasteiger charge is 2.27. The second kappa shape index (κ2) is 3.90. The average Bonchev–Trinajstić information content (AvgIpc) is 2.51. The van der Waals surface area contributed by atoms with Crippen molar-refractivity contribution < 1.29 is 4.79 Å². The molecule has 0 radical (unpaired) electrons. The van der Waals surface area contributed by atoms with Crippen LogP contribution in [0.1, 0.15) is 20.3 Å². The monoisotopic (exact) mass is 170 g/mol. The average molecular weight is 170 g/mol. The molecule has 1 aliphatic rings. The molecule has 1 amide bonds. The number of hydrogen-bond donors (Lipinski definition) is 1. The SMILES string of the molecule is CNC(C)C1CCN(C(C)=O)C1. The van der Waals surface area contributed by atoms with Crippen LogP contribution in [0, 0.1) is 5.92 Å². The standard InChI is InChI=1S/C9H18N2O/c1-7(10-3)9-4-5-11(6-9)8(2)12/h7,9-10H,4-6H2,1-3H3. The molecule has 0 bridgehead atoms. The number of nitrogens with zero attached hydrogens (tertiary/aromatic N) is 1. The lowest BCUT2D eigenvalue weighted by Crippen LogP contribution is -2.33. The third-order valence-corrected chi connectivity index (χ3v) is 2.83. The van der Waals surface area contributed by atoms with Crippen LogP contribution in [0.2, 0.25) is 0 Å². The zero-order valence-electron chi connectivity index (χ0n) is 8.13. The first kappa shape index (κ1) is 9.52. The van der Waals surface area contributed by atoms with E-state index in [0.29, 0.717) is 12.0 Å². The molecule has 0 aromatic carbocycles. The second-order valence-corrected chi connectivity index (χ2v) is 3.59. The lowest BCUT2D eigenvalue weighted by molar-refractivity contribution is -0.127. The molecule has 70 valence electrons. The molecule has 0 aromatic rings. The molecule has 1 rings (SSSR count). The third-order valence-electron chi connectivity index (χ3n) is 2.83. The van der Waals surface area contributed by atoms with Crippen molar-refractivity contribution in [2.45, 2.75) is 26.3 Å². The summed E-state index contributed by atoms with van der Waals surface area (Å²) in [4.78, 5) is 12.9. The van der Waals surface area contributed by atoms with Crippen molar-refractivity contribution in [1.29, 1.82) is 0 Å². The van der Waals surface area contributed by atoms with Crippen LogP contribution in [0.3, 0.4) is 0 Å². The summed E-state index contributed by atoms with van der Waals surface area (Å²) in [7, 11) is 1.97. The molecule has 0 aromatic heterocycles. The molecule has 1 N–H and O–H groups in total. The van der Waals surface area contributed by atoms with Gasteiger partial charge in [-0.15, -0.1) is 0 Å². The second-order valence-electron chi connectivity index (χ2n) is 3.59. The molecule has 1 aliphatic heterocycles. The van der Waals surface area contributed by atoms with Crippen molar-refractivity contribution in [2.24, 2.45) is 5.92 Å². The maximum absolute atomic E-state index is 11.0. The Morgan fingerprint density at radius 3 is 2.75 bits per heavy atom. The van der Waals surface area contributed by atoms with E-state index in [0.717, 1.165) is 19.5 Å². The minimum Gasteiger partial charge on any atom is -0.343 e. The van der Waals surface area contributed by atoms with Crippen LogP contribution >= 0.6 is 0 Å². The van der Waals surface area contributed by atoms with Gasteiger partial charge in [0.15, 0.2) is 0 Å². The summed E-state index contributed by atoms with van der Waals surface area (Å²) in [5, 5.41) is 3.23. The van der Waals surface area contributed by atoms with Crippen LogP contribution in [0.15, 0.2) is 0 Å². The summed E-state index contributed by atoms with van der Waals surface area (Å²) in [5.41, 5.74) is 0. The minimum atomic E-state index is 0.209. The molecule has 0 aliphatic carbocycles. The molecule has 1 fully saturated rings. The summed E-state index contributed by atoms with van der Waals surface area (Å²) in [6.07, 6.45) is 1.14. The predicted octanol–water partition coefficient (Wildman–Crippen LogP) is 0.463. The normalized spacial score (nSPS) is 25.9. The van der Waals surface area contributed by atoms with Crippen LogP contribution in [0.25, 0.3) is 0 Å². The first-order chi connectivity index (χ1) is 5.65. The van der Waals surface area contributed by atoms with Gasteiger partial charge in [-0.2, -0.15) is 0 Å². The highest BCUT2D eigenvalue weighted by atomic mass is 16.2. The molecule has 2 atom stereocenters. The van der Waals surface area contributed by atoms with Gasteiger partial charge < -0.3 is 10.2 Å². The summed E-state index contributed by atoms with van der Waals surface area (Å²) < 4.78 is 0. The molecule has 12 heavy (non-hydrogen) atoms. The lowest BCUT2D eigenvalue weighted by Gasteiger charge is -2.18. The Kier molecular flexibility index (Phi) is 3.09. The van der Waals surface area contributed by atoms with Crippen LogP contribution in [0.4, 0.5) is 0 Å². The van der Waals surface area contributed by atoms with E-state index in [1.165, 1.54) is 0 Å². The van der Waals surface area contributed by atoms with E-state index in [4.69, 9.17) is 0 Å². The van der Waals surface area contributed by atoms with Gasteiger partial charge in [0.25, 0.3) is 0 Å². The molecule has 1 heterocycles. The molecule has 2 unspecified atom stereocenters. The Balaban J connectivity index is 2.40. The summed E-state index contributed by atoms with van der Waals surface area (Å²) in [5.74, 6) is 0.847. The fourth-order valence-electron chi connectivity index (χ4n) is 1.72. The van der Waals surface area contributed by atoms with E-state index in [2.05, 4.69) is 12.2 Å². The van der Waals surface area contributed by atoms with E-state index in [-0.39, 0.29) is 5.91 Å². The van der Waals surface area contributed by atoms with Gasteiger partial charge in [0, 0.05) is 26.1 Å². The van der Waals surface area contributed by atoms with Gasteiger partial charge >= 0.3 is 0 Å². The van der Waals surface area contributed by atoms with Gasteiger partial charge in [0.1, 0.15) is 0 Å². The van der Waals surface area contributed by atoms with Crippen molar-refractivity contribution in [3.8, 4) is 0 Å². The Hall–Kier alpha value is -0.570. The number of carbonyl (C=O) groups is 1. The van der Waals surface area contributed by atoms with Crippen molar-refractivity contribution in [2.75, 3.05) is 20.1 Å². The summed E-state index contributed by atoms with van der Waals surface area (Å²) in [6.45, 7) is 5.68. The zero-order chi connectivity index (χ0) is 9.14. The van der Waals surface area contributed by atoms with Gasteiger partial charge in [-0.1, -0.05) is 0 Å². The topological polar surface area (TPSA) is 32.3 Å². The number of carbonyl (C=O) groups excluding carboxylic acids is 1. The number of amides is 1. The van der Waals surface area contributed by atoms with Gasteiger partial charge in [0.05, 0.1) is 0 Å². The number of likely N-dealkylation sites (tertiary alicyclic amines) is 1. The predicted molar refractivity (Wildman–Crippen MR) is 48.9 cm³/mol. The largest absolute Gasteiger partial charge is 0.343 e. The molecular formula is C9H18N2O. The number of nitrogens with one attached hydrogen (secondary N) is 1. The first-order valence-corrected chi connectivity index (χ1v) is 4.58. The molecule has 3 heteroatoms.